The van der Waals surface area contributed by atoms with Gasteiger partial charge in [-0.15, -0.1) is 0 Å². The SMILES string of the molecule is CC1CN(C(=O)OC(C)(C)C)CC(C)N1c1cc2cnc(S(C)(=O)=O)nc2n(C)c1=O. The third-order valence-electron chi connectivity index (χ3n) is 5.09. The normalized spacial score (nSPS) is 20.2. The fraction of sp³-hybridized carbons (Fsp3) is 0.600. The zero-order chi connectivity index (χ0) is 23.3. The van der Waals surface area contributed by atoms with Crippen LogP contribution in [0.4, 0.5) is 10.5 Å². The molecule has 10 nitrogen and oxygen atoms in total. The molecule has 0 aliphatic carbocycles. The number of rotatable bonds is 2. The van der Waals surface area contributed by atoms with Crippen molar-refractivity contribution < 1.29 is 17.9 Å². The summed E-state index contributed by atoms with van der Waals surface area (Å²) in [5.41, 5.74) is -0.179. The number of ether oxygens (including phenoxy) is 1. The topological polar surface area (TPSA) is 115 Å². The molecule has 1 saturated heterocycles. The summed E-state index contributed by atoms with van der Waals surface area (Å²) in [5, 5.41) is 0.230. The molecule has 3 rings (SSSR count). The molecule has 1 fully saturated rings. The van der Waals surface area contributed by atoms with E-state index in [9.17, 15) is 18.0 Å². The number of aryl methyl sites for hydroxylation is 1. The Kier molecular flexibility index (Phi) is 5.76. The smallest absolute Gasteiger partial charge is 0.410 e. The van der Waals surface area contributed by atoms with E-state index in [0.717, 1.165) is 6.26 Å². The summed E-state index contributed by atoms with van der Waals surface area (Å²) in [6.45, 7) is 10.2. The van der Waals surface area contributed by atoms with Crippen LogP contribution in [0.2, 0.25) is 0 Å². The highest BCUT2D eigenvalue weighted by Gasteiger charge is 2.35. The average Bonchev–Trinajstić information content (AvgIpc) is 2.62. The van der Waals surface area contributed by atoms with E-state index < -0.39 is 15.4 Å². The number of pyridine rings is 1. The number of amides is 1. The van der Waals surface area contributed by atoms with Crippen molar-refractivity contribution >= 4 is 32.7 Å². The quantitative estimate of drug-likeness (QED) is 0.632. The summed E-state index contributed by atoms with van der Waals surface area (Å²) in [5.74, 6) is 0. The van der Waals surface area contributed by atoms with Gasteiger partial charge in [-0.3, -0.25) is 9.36 Å². The molecular weight excluding hydrogens is 422 g/mol. The predicted octanol–water partition coefficient (Wildman–Crippen LogP) is 1.57. The van der Waals surface area contributed by atoms with Gasteiger partial charge < -0.3 is 14.5 Å². The first-order chi connectivity index (χ1) is 14.2. The first kappa shape index (κ1) is 23.0. The fourth-order valence-corrected chi connectivity index (χ4v) is 4.35. The minimum atomic E-state index is -3.60. The molecule has 11 heteroatoms. The Hall–Kier alpha value is -2.69. The van der Waals surface area contributed by atoms with Crippen molar-refractivity contribution in [3.05, 3.63) is 22.6 Å². The minimum absolute atomic E-state index is 0.141. The number of anilines is 1. The molecule has 0 spiro atoms. The van der Waals surface area contributed by atoms with E-state index in [1.54, 1.807) is 18.0 Å². The summed E-state index contributed by atoms with van der Waals surface area (Å²) in [6, 6.07) is 1.40. The van der Waals surface area contributed by atoms with Crippen LogP contribution in [0.1, 0.15) is 34.6 Å². The number of piperazine rings is 1. The summed E-state index contributed by atoms with van der Waals surface area (Å²) in [6.07, 6.45) is 2.06. The Balaban J connectivity index is 1.97. The molecule has 3 heterocycles. The van der Waals surface area contributed by atoms with Gasteiger partial charge in [0.25, 0.3) is 5.56 Å². The second kappa shape index (κ2) is 7.77. The molecule has 31 heavy (non-hydrogen) atoms. The summed E-state index contributed by atoms with van der Waals surface area (Å²) in [7, 11) is -2.04. The van der Waals surface area contributed by atoms with Gasteiger partial charge in [-0.25, -0.2) is 18.2 Å². The summed E-state index contributed by atoms with van der Waals surface area (Å²) >= 11 is 0. The van der Waals surface area contributed by atoms with Crippen LogP contribution in [-0.4, -0.2) is 71.0 Å². The molecule has 1 aliphatic rings. The van der Waals surface area contributed by atoms with Gasteiger partial charge in [-0.2, -0.15) is 4.98 Å². The summed E-state index contributed by atoms with van der Waals surface area (Å²) in [4.78, 5) is 37.3. The van der Waals surface area contributed by atoms with Gasteiger partial charge in [0.15, 0.2) is 0 Å². The van der Waals surface area contributed by atoms with E-state index in [2.05, 4.69) is 9.97 Å². The van der Waals surface area contributed by atoms with E-state index in [-0.39, 0.29) is 34.5 Å². The molecule has 0 saturated carbocycles. The van der Waals surface area contributed by atoms with E-state index in [0.29, 0.717) is 24.2 Å². The molecule has 2 aromatic rings. The standard InChI is InChI=1S/C20H29N5O5S/c1-12-10-24(19(27)30-20(3,4)5)11-13(2)25(12)15-8-14-9-21-18(31(7,28)29)22-16(14)23(6)17(15)26/h8-9,12-13H,10-11H2,1-7H3. The lowest BCUT2D eigenvalue weighted by atomic mass is 10.1. The fourth-order valence-electron chi connectivity index (χ4n) is 3.85. The second-order valence-electron chi connectivity index (χ2n) is 9.09. The maximum Gasteiger partial charge on any atom is 0.410 e. The molecular formula is C20H29N5O5S. The highest BCUT2D eigenvalue weighted by molar-refractivity contribution is 7.90. The number of sulfone groups is 1. The Labute approximate surface area is 181 Å². The van der Waals surface area contributed by atoms with E-state index in [4.69, 9.17) is 4.74 Å². The minimum Gasteiger partial charge on any atom is -0.444 e. The van der Waals surface area contributed by atoms with Crippen LogP contribution in [0.5, 0.6) is 0 Å². The van der Waals surface area contributed by atoms with Crippen LogP contribution in [0.15, 0.2) is 22.2 Å². The number of hydrogen-bond acceptors (Lipinski definition) is 8. The maximum absolute atomic E-state index is 13.1. The van der Waals surface area contributed by atoms with Crippen molar-refractivity contribution in [3.63, 3.8) is 0 Å². The maximum atomic E-state index is 13.1. The molecule has 1 aliphatic heterocycles. The van der Waals surface area contributed by atoms with Crippen molar-refractivity contribution in [3.8, 4) is 0 Å². The Bertz CT molecular complexity index is 1170. The van der Waals surface area contributed by atoms with Crippen LogP contribution in [0.3, 0.4) is 0 Å². The average molecular weight is 452 g/mol. The van der Waals surface area contributed by atoms with Gasteiger partial charge in [-0.1, -0.05) is 0 Å². The first-order valence-corrected chi connectivity index (χ1v) is 11.9. The van der Waals surface area contributed by atoms with Gasteiger partial charge in [0.1, 0.15) is 16.9 Å². The van der Waals surface area contributed by atoms with E-state index in [1.807, 2.05) is 39.5 Å². The van der Waals surface area contributed by atoms with Crippen molar-refractivity contribution in [1.29, 1.82) is 0 Å². The lowest BCUT2D eigenvalue weighted by Crippen LogP contribution is -2.60. The number of fused-ring (bicyclic) bond motifs is 1. The van der Waals surface area contributed by atoms with Crippen molar-refractivity contribution in [1.82, 2.24) is 19.4 Å². The molecule has 2 atom stereocenters. The lowest BCUT2D eigenvalue weighted by molar-refractivity contribution is 0.0192. The highest BCUT2D eigenvalue weighted by atomic mass is 32.2. The third-order valence-corrected chi connectivity index (χ3v) is 5.95. The Morgan fingerprint density at radius 3 is 2.29 bits per heavy atom. The predicted molar refractivity (Wildman–Crippen MR) is 117 cm³/mol. The van der Waals surface area contributed by atoms with Crippen LogP contribution in [0.25, 0.3) is 11.0 Å². The van der Waals surface area contributed by atoms with Gasteiger partial charge in [-0.05, 0) is 40.7 Å². The van der Waals surface area contributed by atoms with Crippen LogP contribution >= 0.6 is 0 Å². The van der Waals surface area contributed by atoms with Crippen molar-refractivity contribution in [2.75, 3.05) is 24.2 Å². The molecule has 2 unspecified atom stereocenters. The van der Waals surface area contributed by atoms with Gasteiger partial charge in [0.05, 0.1) is 0 Å². The third kappa shape index (κ3) is 4.65. The lowest BCUT2D eigenvalue weighted by Gasteiger charge is -2.45. The van der Waals surface area contributed by atoms with Gasteiger partial charge >= 0.3 is 6.09 Å². The van der Waals surface area contributed by atoms with E-state index >= 15 is 0 Å². The van der Waals surface area contributed by atoms with Crippen molar-refractivity contribution in [2.45, 2.75) is 57.5 Å². The number of nitrogens with zero attached hydrogens (tertiary/aromatic N) is 5. The molecule has 1 amide bonds. The van der Waals surface area contributed by atoms with Crippen molar-refractivity contribution in [2.24, 2.45) is 7.05 Å². The molecule has 2 aromatic heterocycles. The van der Waals surface area contributed by atoms with Crippen LogP contribution in [0, 0.1) is 0 Å². The van der Waals surface area contributed by atoms with Crippen LogP contribution < -0.4 is 10.5 Å². The monoisotopic (exact) mass is 451 g/mol. The van der Waals surface area contributed by atoms with Gasteiger partial charge in [0.2, 0.25) is 15.0 Å². The second-order valence-corrected chi connectivity index (χ2v) is 11.0. The number of aromatic nitrogens is 3. The first-order valence-electron chi connectivity index (χ1n) is 10.0. The molecule has 0 N–H and O–H groups in total. The molecule has 0 radical (unpaired) electrons. The number of carbonyl (C=O) groups excluding carboxylic acids is 1. The number of carbonyl (C=O) groups is 1. The zero-order valence-electron chi connectivity index (χ0n) is 18.9. The van der Waals surface area contributed by atoms with Gasteiger partial charge in [0, 0.05) is 50.1 Å². The molecule has 0 aromatic carbocycles. The largest absolute Gasteiger partial charge is 0.444 e. The highest BCUT2D eigenvalue weighted by Crippen LogP contribution is 2.25. The van der Waals surface area contributed by atoms with E-state index in [1.165, 1.54) is 10.8 Å². The Morgan fingerprint density at radius 1 is 1.19 bits per heavy atom. The zero-order valence-corrected chi connectivity index (χ0v) is 19.7. The van der Waals surface area contributed by atoms with Crippen LogP contribution in [-0.2, 0) is 21.6 Å². The molecule has 170 valence electrons. The Morgan fingerprint density at radius 2 is 1.77 bits per heavy atom. The molecule has 0 bridgehead atoms. The number of hydrogen-bond donors (Lipinski definition) is 0. The summed E-state index contributed by atoms with van der Waals surface area (Å²) < 4.78 is 30.4.